The monoisotopic (exact) mass is 383 g/mol. The largest absolute Gasteiger partial charge is 0.349 e. The van der Waals surface area contributed by atoms with Crippen LogP contribution in [0.2, 0.25) is 0 Å². The summed E-state index contributed by atoms with van der Waals surface area (Å²) in [4.78, 5) is 18.6. The quantitative estimate of drug-likeness (QED) is 0.490. The van der Waals surface area contributed by atoms with Gasteiger partial charge in [0, 0.05) is 39.5 Å². The first kappa shape index (κ1) is 18.9. The fraction of sp³-hybridized carbons (Fsp3) is 0.200. The number of aromatic nitrogens is 2. The number of carbonyl (C=O) groups is 1. The Kier molecular flexibility index (Phi) is 5.17. The zero-order chi connectivity index (χ0) is 20.4. The van der Waals surface area contributed by atoms with Gasteiger partial charge >= 0.3 is 0 Å². The number of para-hydroxylation sites is 1. The van der Waals surface area contributed by atoms with Crippen LogP contribution < -0.4 is 0 Å². The van der Waals surface area contributed by atoms with Crippen molar-refractivity contribution in [2.45, 2.75) is 12.8 Å². The van der Waals surface area contributed by atoms with E-state index in [0.29, 0.717) is 12.8 Å². The van der Waals surface area contributed by atoms with Crippen LogP contribution in [0.4, 0.5) is 0 Å². The molecule has 1 amide bonds. The van der Waals surface area contributed by atoms with Crippen molar-refractivity contribution in [3.05, 3.63) is 78.6 Å². The minimum Gasteiger partial charge on any atom is -0.349 e. The van der Waals surface area contributed by atoms with Gasteiger partial charge in [0.15, 0.2) is 0 Å². The Hall–Kier alpha value is -3.40. The summed E-state index contributed by atoms with van der Waals surface area (Å²) in [6.07, 6.45) is 1.09. The number of rotatable bonds is 5. The number of hydrogen-bond donors (Lipinski definition) is 0. The van der Waals surface area contributed by atoms with Gasteiger partial charge in [-0.1, -0.05) is 66.7 Å². The summed E-state index contributed by atoms with van der Waals surface area (Å²) in [5.41, 5.74) is 6.72. The molecule has 4 rings (SSSR count). The molecule has 0 radical (unpaired) electrons. The van der Waals surface area contributed by atoms with Gasteiger partial charge in [-0.15, -0.1) is 0 Å². The molecule has 0 saturated carbocycles. The van der Waals surface area contributed by atoms with Gasteiger partial charge in [-0.2, -0.15) is 0 Å². The number of imidazole rings is 1. The molecule has 1 aromatic heterocycles. The molecule has 1 heterocycles. The molecule has 0 unspecified atom stereocenters. The third-order valence-corrected chi connectivity index (χ3v) is 5.37. The van der Waals surface area contributed by atoms with Gasteiger partial charge in [-0.05, 0) is 22.8 Å². The van der Waals surface area contributed by atoms with Gasteiger partial charge in [-0.3, -0.25) is 4.79 Å². The van der Waals surface area contributed by atoms with Gasteiger partial charge < -0.3 is 9.47 Å². The highest BCUT2D eigenvalue weighted by Crippen LogP contribution is 2.35. The first-order valence-corrected chi connectivity index (χ1v) is 9.85. The van der Waals surface area contributed by atoms with Crippen molar-refractivity contribution >= 4 is 16.9 Å². The average molecular weight is 383 g/mol. The van der Waals surface area contributed by atoms with E-state index < -0.39 is 0 Å². The molecule has 0 N–H and O–H groups in total. The van der Waals surface area contributed by atoms with Crippen LogP contribution >= 0.6 is 0 Å². The summed E-state index contributed by atoms with van der Waals surface area (Å²) >= 11 is 0. The Morgan fingerprint density at radius 3 is 2.24 bits per heavy atom. The summed E-state index contributed by atoms with van der Waals surface area (Å²) < 4.78 is 2.10. The molecule has 0 saturated heterocycles. The lowest BCUT2D eigenvalue weighted by Crippen LogP contribution is -2.22. The normalized spacial score (nSPS) is 11.0. The topological polar surface area (TPSA) is 38.1 Å². The van der Waals surface area contributed by atoms with Crippen LogP contribution in [0.15, 0.2) is 72.8 Å². The van der Waals surface area contributed by atoms with E-state index in [1.165, 1.54) is 16.7 Å². The highest BCUT2D eigenvalue weighted by Gasteiger charge is 2.16. The van der Waals surface area contributed by atoms with E-state index in [1.54, 1.807) is 19.0 Å². The number of carbonyl (C=O) groups excluding carboxylic acids is 1. The molecule has 4 heteroatoms. The second kappa shape index (κ2) is 7.92. The summed E-state index contributed by atoms with van der Waals surface area (Å²) in [5, 5.41) is 0. The molecule has 4 aromatic rings. The van der Waals surface area contributed by atoms with Gasteiger partial charge in [0.2, 0.25) is 5.91 Å². The molecule has 0 bridgehead atoms. The van der Waals surface area contributed by atoms with Crippen LogP contribution in [0, 0.1) is 0 Å². The zero-order valence-electron chi connectivity index (χ0n) is 17.1. The van der Waals surface area contributed by atoms with Crippen molar-refractivity contribution in [3.8, 4) is 22.3 Å². The van der Waals surface area contributed by atoms with Crippen LogP contribution in [0.25, 0.3) is 33.3 Å². The highest BCUT2D eigenvalue weighted by molar-refractivity contribution is 5.97. The lowest BCUT2D eigenvalue weighted by atomic mass is 9.94. The van der Waals surface area contributed by atoms with Crippen LogP contribution in [-0.2, 0) is 18.3 Å². The fourth-order valence-corrected chi connectivity index (χ4v) is 3.73. The molecule has 0 spiro atoms. The first-order chi connectivity index (χ1) is 14.1. The third-order valence-electron chi connectivity index (χ3n) is 5.37. The van der Waals surface area contributed by atoms with E-state index in [0.717, 1.165) is 22.4 Å². The third kappa shape index (κ3) is 3.66. The number of nitrogens with zero attached hydrogens (tertiary/aromatic N) is 3. The maximum absolute atomic E-state index is 12.0. The van der Waals surface area contributed by atoms with E-state index in [-0.39, 0.29) is 5.91 Å². The molecular formula is C25H25N3O. The Morgan fingerprint density at radius 1 is 0.862 bits per heavy atom. The second-order valence-corrected chi connectivity index (χ2v) is 7.46. The molecule has 0 aliphatic carbocycles. The van der Waals surface area contributed by atoms with Crippen LogP contribution in [0.1, 0.15) is 12.2 Å². The summed E-state index contributed by atoms with van der Waals surface area (Å²) in [6.45, 7) is 0. The van der Waals surface area contributed by atoms with Crippen molar-refractivity contribution < 1.29 is 4.79 Å². The van der Waals surface area contributed by atoms with Crippen molar-refractivity contribution in [1.82, 2.24) is 14.5 Å². The second-order valence-electron chi connectivity index (χ2n) is 7.46. The van der Waals surface area contributed by atoms with E-state index >= 15 is 0 Å². The summed E-state index contributed by atoms with van der Waals surface area (Å²) in [7, 11) is 5.60. The Balaban J connectivity index is 1.81. The lowest BCUT2D eigenvalue weighted by molar-refractivity contribution is -0.128. The van der Waals surface area contributed by atoms with Crippen molar-refractivity contribution in [1.29, 1.82) is 0 Å². The molecular weight excluding hydrogens is 358 g/mol. The van der Waals surface area contributed by atoms with E-state index in [4.69, 9.17) is 4.98 Å². The number of fused-ring (bicyclic) bond motifs is 1. The first-order valence-electron chi connectivity index (χ1n) is 9.85. The molecule has 146 valence electrons. The molecule has 0 aliphatic heterocycles. The molecule has 0 aliphatic rings. The number of benzene rings is 3. The molecule has 29 heavy (non-hydrogen) atoms. The maximum atomic E-state index is 12.0. The van der Waals surface area contributed by atoms with Crippen molar-refractivity contribution in [3.63, 3.8) is 0 Å². The SMILES string of the molecule is CN(C)C(=O)CCc1nc2c(-c3ccccc3-c3ccccc3)cccc2n1C. The average Bonchev–Trinajstić information content (AvgIpc) is 3.08. The van der Waals surface area contributed by atoms with Gasteiger partial charge in [0.1, 0.15) is 5.82 Å². The summed E-state index contributed by atoms with van der Waals surface area (Å²) in [5.74, 6) is 1.05. The molecule has 0 fully saturated rings. The Bertz CT molecular complexity index is 1160. The molecule has 0 atom stereocenters. The van der Waals surface area contributed by atoms with Gasteiger partial charge in [-0.25, -0.2) is 4.98 Å². The minimum atomic E-state index is 0.117. The standard InChI is InChI=1S/C25H25N3O/c1-27(2)24(29)17-16-23-26-25-21(14-9-15-22(25)28(23)3)20-13-8-7-12-19(20)18-10-5-4-6-11-18/h4-15H,16-17H2,1-3H3. The van der Waals surface area contributed by atoms with Gasteiger partial charge in [0.05, 0.1) is 11.0 Å². The van der Waals surface area contributed by atoms with Crippen LogP contribution in [0.3, 0.4) is 0 Å². The highest BCUT2D eigenvalue weighted by atomic mass is 16.2. The Morgan fingerprint density at radius 2 is 1.52 bits per heavy atom. The maximum Gasteiger partial charge on any atom is 0.222 e. The van der Waals surface area contributed by atoms with Crippen LogP contribution in [-0.4, -0.2) is 34.5 Å². The fourth-order valence-electron chi connectivity index (χ4n) is 3.73. The Labute approximate surface area is 171 Å². The molecule has 3 aromatic carbocycles. The van der Waals surface area contributed by atoms with E-state index in [9.17, 15) is 4.79 Å². The van der Waals surface area contributed by atoms with Crippen molar-refractivity contribution in [2.75, 3.05) is 14.1 Å². The minimum absolute atomic E-state index is 0.117. The van der Waals surface area contributed by atoms with E-state index in [2.05, 4.69) is 71.3 Å². The predicted molar refractivity (Wildman–Crippen MR) is 119 cm³/mol. The smallest absolute Gasteiger partial charge is 0.222 e. The number of aryl methyl sites for hydroxylation is 2. The number of hydrogen-bond acceptors (Lipinski definition) is 2. The predicted octanol–water partition coefficient (Wildman–Crippen LogP) is 4.93. The van der Waals surface area contributed by atoms with Gasteiger partial charge in [0.25, 0.3) is 0 Å². The van der Waals surface area contributed by atoms with Crippen LogP contribution in [0.5, 0.6) is 0 Å². The lowest BCUT2D eigenvalue weighted by Gasteiger charge is -2.11. The van der Waals surface area contributed by atoms with Crippen molar-refractivity contribution in [2.24, 2.45) is 7.05 Å². The van der Waals surface area contributed by atoms with E-state index in [1.807, 2.05) is 13.1 Å². The summed E-state index contributed by atoms with van der Waals surface area (Å²) in [6, 6.07) is 25.2. The number of amides is 1. The zero-order valence-corrected chi connectivity index (χ0v) is 17.1. The molecule has 4 nitrogen and oxygen atoms in total.